The summed E-state index contributed by atoms with van der Waals surface area (Å²) in [6.45, 7) is 1.49. The Morgan fingerprint density at radius 1 is 1.00 bits per heavy atom. The van der Waals surface area contributed by atoms with Crippen LogP contribution in [0.25, 0.3) is 22.9 Å². The van der Waals surface area contributed by atoms with Crippen molar-refractivity contribution in [3.63, 3.8) is 0 Å². The molecule has 110 valence electrons. The summed E-state index contributed by atoms with van der Waals surface area (Å²) in [6, 6.07) is 16.8. The highest BCUT2D eigenvalue weighted by Gasteiger charge is 2.14. The van der Waals surface area contributed by atoms with Crippen molar-refractivity contribution in [3.05, 3.63) is 54.6 Å². The normalized spacial score (nSPS) is 10.4. The molecule has 5 nitrogen and oxygen atoms in total. The van der Waals surface area contributed by atoms with E-state index in [1.807, 2.05) is 48.5 Å². The molecule has 0 N–H and O–H groups in total. The molecule has 3 rings (SSSR count). The number of rotatable bonds is 5. The molecule has 0 unspecified atom stereocenters. The molecule has 5 heteroatoms. The van der Waals surface area contributed by atoms with E-state index in [4.69, 9.17) is 9.15 Å². The van der Waals surface area contributed by atoms with Gasteiger partial charge in [0.2, 0.25) is 5.89 Å². The van der Waals surface area contributed by atoms with Gasteiger partial charge in [-0.25, -0.2) is 0 Å². The number of ether oxygens (including phenoxy) is 1. The van der Waals surface area contributed by atoms with Crippen molar-refractivity contribution in [1.29, 1.82) is 0 Å². The average molecular weight is 294 g/mol. The Morgan fingerprint density at radius 3 is 2.45 bits per heavy atom. The van der Waals surface area contributed by atoms with Crippen molar-refractivity contribution in [1.82, 2.24) is 10.2 Å². The monoisotopic (exact) mass is 294 g/mol. The second-order valence-electron chi connectivity index (χ2n) is 4.77. The molecule has 0 bridgehead atoms. The Bertz CT molecular complexity index is 781. The molecule has 1 aromatic heterocycles. The summed E-state index contributed by atoms with van der Waals surface area (Å²) in [4.78, 5) is 11.1. The fourth-order valence-corrected chi connectivity index (χ4v) is 1.98. The quantitative estimate of drug-likeness (QED) is 0.721. The second-order valence-corrected chi connectivity index (χ2v) is 4.77. The minimum absolute atomic E-state index is 0.0106. The number of Topliss-reactive ketones (excluding diaryl/α,β-unsaturated/α-hetero) is 1. The summed E-state index contributed by atoms with van der Waals surface area (Å²) >= 11 is 0. The van der Waals surface area contributed by atoms with E-state index in [0.717, 1.165) is 5.56 Å². The first kappa shape index (κ1) is 14.0. The van der Waals surface area contributed by atoms with E-state index in [0.29, 0.717) is 23.1 Å². The molecular formula is C17H14N2O3. The first-order valence-electron chi connectivity index (χ1n) is 6.84. The van der Waals surface area contributed by atoms with Crippen molar-refractivity contribution in [2.75, 3.05) is 6.61 Å². The molecule has 0 spiro atoms. The highest BCUT2D eigenvalue weighted by Crippen LogP contribution is 2.30. The summed E-state index contributed by atoms with van der Waals surface area (Å²) in [5.74, 6) is 1.29. The minimum Gasteiger partial charge on any atom is -0.485 e. The summed E-state index contributed by atoms with van der Waals surface area (Å²) in [5, 5.41) is 8.13. The van der Waals surface area contributed by atoms with Crippen molar-refractivity contribution in [2.45, 2.75) is 6.92 Å². The fraction of sp³-hybridized carbons (Fsp3) is 0.118. The van der Waals surface area contributed by atoms with Crippen molar-refractivity contribution < 1.29 is 13.9 Å². The molecule has 3 aromatic rings. The first-order valence-corrected chi connectivity index (χ1v) is 6.84. The van der Waals surface area contributed by atoms with Gasteiger partial charge in [-0.05, 0) is 31.2 Å². The molecule has 0 amide bonds. The molecule has 0 saturated carbocycles. The SMILES string of the molecule is CC(=O)COc1ccccc1-c1nnc(-c2ccccc2)o1. The summed E-state index contributed by atoms with van der Waals surface area (Å²) in [6.07, 6.45) is 0. The number of nitrogens with zero attached hydrogens (tertiary/aromatic N) is 2. The van der Waals surface area contributed by atoms with E-state index in [1.165, 1.54) is 6.92 Å². The third kappa shape index (κ3) is 3.03. The van der Waals surface area contributed by atoms with E-state index in [2.05, 4.69) is 10.2 Å². The Balaban J connectivity index is 1.92. The van der Waals surface area contributed by atoms with Crippen LogP contribution in [0.15, 0.2) is 59.0 Å². The summed E-state index contributed by atoms with van der Waals surface area (Å²) in [7, 11) is 0. The number of hydrogen-bond donors (Lipinski definition) is 0. The van der Waals surface area contributed by atoms with Gasteiger partial charge in [-0.1, -0.05) is 30.3 Å². The molecule has 2 aromatic carbocycles. The highest BCUT2D eigenvalue weighted by atomic mass is 16.5. The van der Waals surface area contributed by atoms with Gasteiger partial charge >= 0.3 is 0 Å². The zero-order valence-corrected chi connectivity index (χ0v) is 12.0. The van der Waals surface area contributed by atoms with Crippen LogP contribution in [0.5, 0.6) is 5.75 Å². The molecule has 22 heavy (non-hydrogen) atoms. The van der Waals surface area contributed by atoms with Gasteiger partial charge in [0.15, 0.2) is 5.78 Å². The molecule has 0 aliphatic carbocycles. The molecule has 0 fully saturated rings. The maximum Gasteiger partial charge on any atom is 0.251 e. The van der Waals surface area contributed by atoms with Crippen LogP contribution in [0.1, 0.15) is 6.92 Å². The average Bonchev–Trinajstić information content (AvgIpc) is 3.04. The molecule has 0 saturated heterocycles. The maximum atomic E-state index is 11.1. The third-order valence-corrected chi connectivity index (χ3v) is 2.99. The predicted octanol–water partition coefficient (Wildman–Crippen LogP) is 3.37. The lowest BCUT2D eigenvalue weighted by Crippen LogP contribution is -2.07. The van der Waals surface area contributed by atoms with Crippen LogP contribution in [-0.4, -0.2) is 22.6 Å². The minimum atomic E-state index is -0.0506. The van der Waals surface area contributed by atoms with Crippen LogP contribution < -0.4 is 4.74 Å². The number of carbonyl (C=O) groups excluding carboxylic acids is 1. The number of benzene rings is 2. The smallest absolute Gasteiger partial charge is 0.251 e. The summed E-state index contributed by atoms with van der Waals surface area (Å²) in [5.41, 5.74) is 1.52. The van der Waals surface area contributed by atoms with Crippen molar-refractivity contribution in [2.24, 2.45) is 0 Å². The molecule has 0 atom stereocenters. The van der Waals surface area contributed by atoms with Gasteiger partial charge in [0.05, 0.1) is 5.56 Å². The van der Waals surface area contributed by atoms with E-state index in [-0.39, 0.29) is 12.4 Å². The fourth-order valence-electron chi connectivity index (χ4n) is 1.98. The van der Waals surface area contributed by atoms with Gasteiger partial charge in [-0.2, -0.15) is 0 Å². The molecule has 1 heterocycles. The van der Waals surface area contributed by atoms with Crippen LogP contribution >= 0.6 is 0 Å². The van der Waals surface area contributed by atoms with Crippen molar-refractivity contribution in [3.8, 4) is 28.7 Å². The van der Waals surface area contributed by atoms with Crippen LogP contribution in [0.4, 0.5) is 0 Å². The molecule has 0 radical (unpaired) electrons. The van der Waals surface area contributed by atoms with Gasteiger partial charge in [-0.15, -0.1) is 10.2 Å². The third-order valence-electron chi connectivity index (χ3n) is 2.99. The Morgan fingerprint density at radius 2 is 1.68 bits per heavy atom. The largest absolute Gasteiger partial charge is 0.485 e. The van der Waals surface area contributed by atoms with Gasteiger partial charge < -0.3 is 9.15 Å². The van der Waals surface area contributed by atoms with E-state index < -0.39 is 0 Å². The van der Waals surface area contributed by atoms with Gasteiger partial charge in [0, 0.05) is 5.56 Å². The Kier molecular flexibility index (Phi) is 3.96. The Labute approximate surface area is 127 Å². The van der Waals surface area contributed by atoms with E-state index in [1.54, 1.807) is 6.07 Å². The van der Waals surface area contributed by atoms with Gasteiger partial charge in [-0.3, -0.25) is 4.79 Å². The Hall–Kier alpha value is -2.95. The topological polar surface area (TPSA) is 65.2 Å². The molecule has 0 aliphatic heterocycles. The lowest BCUT2D eigenvalue weighted by atomic mass is 10.2. The second kappa shape index (κ2) is 6.22. The number of ketones is 1. The number of para-hydroxylation sites is 1. The highest BCUT2D eigenvalue weighted by molar-refractivity contribution is 5.77. The number of hydrogen-bond acceptors (Lipinski definition) is 5. The van der Waals surface area contributed by atoms with E-state index >= 15 is 0 Å². The standard InChI is InChI=1S/C17H14N2O3/c1-12(20)11-21-15-10-6-5-9-14(15)17-19-18-16(22-17)13-7-3-2-4-8-13/h2-10H,11H2,1H3. The zero-order valence-electron chi connectivity index (χ0n) is 12.0. The zero-order chi connectivity index (χ0) is 15.4. The van der Waals surface area contributed by atoms with Crippen LogP contribution in [-0.2, 0) is 4.79 Å². The van der Waals surface area contributed by atoms with E-state index in [9.17, 15) is 4.79 Å². The van der Waals surface area contributed by atoms with Crippen LogP contribution in [0.3, 0.4) is 0 Å². The number of aromatic nitrogens is 2. The predicted molar refractivity (Wildman–Crippen MR) is 81.3 cm³/mol. The maximum absolute atomic E-state index is 11.1. The van der Waals surface area contributed by atoms with Crippen LogP contribution in [0, 0.1) is 0 Å². The molecular weight excluding hydrogens is 280 g/mol. The van der Waals surface area contributed by atoms with Gasteiger partial charge in [0.25, 0.3) is 5.89 Å². The van der Waals surface area contributed by atoms with Crippen LogP contribution in [0.2, 0.25) is 0 Å². The van der Waals surface area contributed by atoms with Gasteiger partial charge in [0.1, 0.15) is 12.4 Å². The lowest BCUT2D eigenvalue weighted by Gasteiger charge is -2.07. The lowest BCUT2D eigenvalue weighted by molar-refractivity contribution is -0.118. The van der Waals surface area contributed by atoms with Crippen molar-refractivity contribution >= 4 is 5.78 Å². The number of carbonyl (C=O) groups is 1. The first-order chi connectivity index (χ1) is 10.7. The summed E-state index contributed by atoms with van der Waals surface area (Å²) < 4.78 is 11.2. The molecule has 0 aliphatic rings.